The predicted molar refractivity (Wildman–Crippen MR) is 75.8 cm³/mol. The van der Waals surface area contributed by atoms with E-state index in [2.05, 4.69) is 4.98 Å². The highest BCUT2D eigenvalue weighted by atomic mass is 35.5. The van der Waals surface area contributed by atoms with E-state index < -0.39 is 0 Å². The molecule has 0 radical (unpaired) electrons. The number of nitrogens with two attached hydrogens (primary N) is 1. The number of nitrogens with one attached hydrogen (secondary N) is 1. The van der Waals surface area contributed by atoms with Gasteiger partial charge in [-0.2, -0.15) is 0 Å². The molecule has 2 aromatic rings. The lowest BCUT2D eigenvalue weighted by atomic mass is 10.2. The van der Waals surface area contributed by atoms with Crippen molar-refractivity contribution in [3.8, 4) is 5.88 Å². The van der Waals surface area contributed by atoms with Crippen molar-refractivity contribution in [3.05, 3.63) is 58.2 Å². The summed E-state index contributed by atoms with van der Waals surface area (Å²) in [5.74, 6) is 0.286. The van der Waals surface area contributed by atoms with Crippen molar-refractivity contribution in [1.82, 2.24) is 4.98 Å². The molecule has 1 heterocycles. The largest absolute Gasteiger partial charge is 0.472 e. The van der Waals surface area contributed by atoms with Gasteiger partial charge in [0.15, 0.2) is 0 Å². The van der Waals surface area contributed by atoms with Crippen molar-refractivity contribution >= 4 is 17.4 Å². The Morgan fingerprint density at radius 2 is 2.05 bits per heavy atom. The Labute approximate surface area is 116 Å². The van der Waals surface area contributed by atoms with Gasteiger partial charge in [0.1, 0.15) is 12.4 Å². The summed E-state index contributed by atoms with van der Waals surface area (Å²) in [4.78, 5) is 4.25. The molecule has 0 fully saturated rings. The Hall–Kier alpha value is -2.07. The topological polar surface area (TPSA) is 72.0 Å². The first-order valence-electron chi connectivity index (χ1n) is 5.76. The minimum Gasteiger partial charge on any atom is -0.472 e. The third-order valence-corrected chi connectivity index (χ3v) is 2.98. The molecule has 1 aromatic carbocycles. The summed E-state index contributed by atoms with van der Waals surface area (Å²) < 4.78 is 5.63. The zero-order chi connectivity index (χ0) is 13.8. The van der Waals surface area contributed by atoms with Crippen molar-refractivity contribution in [2.75, 3.05) is 0 Å². The van der Waals surface area contributed by atoms with Gasteiger partial charge in [0.05, 0.1) is 5.56 Å². The van der Waals surface area contributed by atoms with Crippen LogP contribution in [0.3, 0.4) is 0 Å². The second-order valence-corrected chi connectivity index (χ2v) is 4.51. The normalized spacial score (nSPS) is 10.2. The van der Waals surface area contributed by atoms with Gasteiger partial charge in [-0.3, -0.25) is 5.41 Å². The summed E-state index contributed by atoms with van der Waals surface area (Å²) in [5.41, 5.74) is 7.65. The van der Waals surface area contributed by atoms with Crippen LogP contribution >= 0.6 is 11.6 Å². The SMILES string of the molecule is Cc1ccc(C(=N)N)c(OCc2ccccc2Cl)n1. The zero-order valence-electron chi connectivity index (χ0n) is 10.5. The Morgan fingerprint density at radius 1 is 1.32 bits per heavy atom. The summed E-state index contributed by atoms with van der Waals surface area (Å²) in [5, 5.41) is 8.14. The van der Waals surface area contributed by atoms with Gasteiger partial charge in [-0.15, -0.1) is 0 Å². The van der Waals surface area contributed by atoms with Crippen LogP contribution in [0.15, 0.2) is 36.4 Å². The Kier molecular flexibility index (Phi) is 4.02. The summed E-state index contributed by atoms with van der Waals surface area (Å²) in [6, 6.07) is 10.9. The smallest absolute Gasteiger partial charge is 0.225 e. The third kappa shape index (κ3) is 3.23. The Morgan fingerprint density at radius 3 is 2.74 bits per heavy atom. The Balaban J connectivity index is 2.22. The quantitative estimate of drug-likeness (QED) is 0.666. The molecule has 0 aliphatic heterocycles. The number of benzene rings is 1. The van der Waals surface area contributed by atoms with Crippen LogP contribution in [-0.4, -0.2) is 10.8 Å². The van der Waals surface area contributed by atoms with Crippen molar-refractivity contribution in [2.45, 2.75) is 13.5 Å². The summed E-state index contributed by atoms with van der Waals surface area (Å²) in [6.45, 7) is 2.14. The molecule has 0 spiro atoms. The molecule has 1 aromatic heterocycles. The van der Waals surface area contributed by atoms with Crippen molar-refractivity contribution in [1.29, 1.82) is 5.41 Å². The van der Waals surface area contributed by atoms with Crippen molar-refractivity contribution in [2.24, 2.45) is 5.73 Å². The molecule has 3 N–H and O–H groups in total. The van der Waals surface area contributed by atoms with E-state index in [0.717, 1.165) is 11.3 Å². The molecule has 2 rings (SSSR count). The number of nitrogen functional groups attached to an aromatic ring is 1. The van der Waals surface area contributed by atoms with Gasteiger partial charge in [0.25, 0.3) is 0 Å². The average molecular weight is 276 g/mol. The number of pyridine rings is 1. The first-order chi connectivity index (χ1) is 9.08. The number of hydrogen-bond acceptors (Lipinski definition) is 3. The number of hydrogen-bond donors (Lipinski definition) is 2. The molecule has 0 bridgehead atoms. The standard InChI is InChI=1S/C14H14ClN3O/c1-9-6-7-11(13(16)17)14(18-9)19-8-10-4-2-3-5-12(10)15/h2-7H,8H2,1H3,(H3,16,17). The van der Waals surface area contributed by atoms with Crippen LogP contribution in [0.4, 0.5) is 0 Å². The highest BCUT2D eigenvalue weighted by molar-refractivity contribution is 6.31. The molecule has 98 valence electrons. The second kappa shape index (κ2) is 5.71. The maximum atomic E-state index is 7.50. The second-order valence-electron chi connectivity index (χ2n) is 4.10. The predicted octanol–water partition coefficient (Wildman–Crippen LogP) is 2.91. The molecular formula is C14H14ClN3O. The molecular weight excluding hydrogens is 262 g/mol. The molecule has 5 heteroatoms. The molecule has 19 heavy (non-hydrogen) atoms. The van der Waals surface area contributed by atoms with E-state index in [1.807, 2.05) is 25.1 Å². The average Bonchev–Trinajstić information content (AvgIpc) is 2.37. The molecule has 0 saturated carbocycles. The number of halogens is 1. The fraction of sp³-hybridized carbons (Fsp3) is 0.143. The van der Waals surface area contributed by atoms with E-state index in [1.165, 1.54) is 0 Å². The highest BCUT2D eigenvalue weighted by Gasteiger charge is 2.09. The van der Waals surface area contributed by atoms with Crippen LogP contribution in [0.1, 0.15) is 16.8 Å². The van der Waals surface area contributed by atoms with E-state index in [-0.39, 0.29) is 12.4 Å². The zero-order valence-corrected chi connectivity index (χ0v) is 11.2. The third-order valence-electron chi connectivity index (χ3n) is 2.61. The molecule has 0 atom stereocenters. The van der Waals surface area contributed by atoms with E-state index in [4.69, 9.17) is 27.5 Å². The number of nitrogens with zero attached hydrogens (tertiary/aromatic N) is 1. The lowest BCUT2D eigenvalue weighted by molar-refractivity contribution is 0.293. The lowest BCUT2D eigenvalue weighted by Gasteiger charge is -2.11. The molecule has 0 unspecified atom stereocenters. The summed E-state index contributed by atoms with van der Waals surface area (Å²) >= 11 is 6.06. The minimum atomic E-state index is -0.0679. The number of amidine groups is 1. The van der Waals surface area contributed by atoms with Crippen LogP contribution < -0.4 is 10.5 Å². The van der Waals surface area contributed by atoms with Crippen LogP contribution in [-0.2, 0) is 6.61 Å². The van der Waals surface area contributed by atoms with Crippen LogP contribution in [0.2, 0.25) is 5.02 Å². The minimum absolute atomic E-state index is 0.0679. The summed E-state index contributed by atoms with van der Waals surface area (Å²) in [6.07, 6.45) is 0. The highest BCUT2D eigenvalue weighted by Crippen LogP contribution is 2.20. The van der Waals surface area contributed by atoms with E-state index >= 15 is 0 Å². The Bertz CT molecular complexity index is 613. The first-order valence-corrected chi connectivity index (χ1v) is 6.14. The van der Waals surface area contributed by atoms with Gasteiger partial charge < -0.3 is 10.5 Å². The van der Waals surface area contributed by atoms with Crippen molar-refractivity contribution < 1.29 is 4.74 Å². The van der Waals surface area contributed by atoms with Crippen LogP contribution in [0, 0.1) is 12.3 Å². The van der Waals surface area contributed by atoms with E-state index in [0.29, 0.717) is 16.5 Å². The molecule has 0 aliphatic carbocycles. The van der Waals surface area contributed by atoms with Gasteiger partial charge in [-0.05, 0) is 25.1 Å². The molecule has 0 saturated heterocycles. The first kappa shape index (κ1) is 13.4. The number of aromatic nitrogens is 1. The molecule has 4 nitrogen and oxygen atoms in total. The van der Waals surface area contributed by atoms with Crippen LogP contribution in [0.5, 0.6) is 5.88 Å². The lowest BCUT2D eigenvalue weighted by Crippen LogP contribution is -2.14. The monoisotopic (exact) mass is 275 g/mol. The molecule has 0 amide bonds. The fourth-order valence-electron chi connectivity index (χ4n) is 1.61. The van der Waals surface area contributed by atoms with Gasteiger partial charge in [0, 0.05) is 16.3 Å². The molecule has 0 aliphatic rings. The van der Waals surface area contributed by atoms with Gasteiger partial charge >= 0.3 is 0 Å². The number of aryl methyl sites for hydroxylation is 1. The summed E-state index contributed by atoms with van der Waals surface area (Å²) in [7, 11) is 0. The van der Waals surface area contributed by atoms with E-state index in [1.54, 1.807) is 18.2 Å². The van der Waals surface area contributed by atoms with Gasteiger partial charge in [0.2, 0.25) is 5.88 Å². The van der Waals surface area contributed by atoms with Gasteiger partial charge in [-0.25, -0.2) is 4.98 Å². The maximum Gasteiger partial charge on any atom is 0.225 e. The van der Waals surface area contributed by atoms with Crippen molar-refractivity contribution in [3.63, 3.8) is 0 Å². The number of rotatable bonds is 4. The fourth-order valence-corrected chi connectivity index (χ4v) is 1.80. The van der Waals surface area contributed by atoms with E-state index in [9.17, 15) is 0 Å². The maximum absolute atomic E-state index is 7.50. The van der Waals surface area contributed by atoms with Gasteiger partial charge in [-0.1, -0.05) is 29.8 Å². The van der Waals surface area contributed by atoms with Crippen LogP contribution in [0.25, 0.3) is 0 Å². The number of ether oxygens (including phenoxy) is 1.